The molecule has 0 radical (unpaired) electrons. The van der Waals surface area contributed by atoms with Crippen molar-refractivity contribution in [2.45, 2.75) is 38.4 Å². The molecule has 2 heterocycles. The minimum Gasteiger partial charge on any atom is -0.493 e. The molecule has 2 unspecified atom stereocenters. The Hall–Kier alpha value is -1.72. The fourth-order valence-corrected chi connectivity index (χ4v) is 3.83. The predicted octanol–water partition coefficient (Wildman–Crippen LogP) is 3.08. The first-order valence-corrected chi connectivity index (χ1v) is 9.38. The molecule has 1 aromatic carbocycles. The lowest BCUT2D eigenvalue weighted by atomic mass is 9.97. The number of amides is 1. The van der Waals surface area contributed by atoms with E-state index in [1.165, 1.54) is 0 Å². The highest BCUT2D eigenvalue weighted by molar-refractivity contribution is 6.20. The van der Waals surface area contributed by atoms with Crippen LogP contribution in [0.4, 0.5) is 0 Å². The fraction of sp³-hybridized carbons (Fsp3) is 0.526. The summed E-state index contributed by atoms with van der Waals surface area (Å²) in [6.45, 7) is 6.46. The van der Waals surface area contributed by atoms with E-state index in [9.17, 15) is 4.79 Å². The smallest absolute Gasteiger partial charge is 0.268 e. The van der Waals surface area contributed by atoms with Gasteiger partial charge in [-0.05, 0) is 24.5 Å². The van der Waals surface area contributed by atoms with E-state index in [1.807, 2.05) is 36.2 Å². The molecule has 136 valence electrons. The van der Waals surface area contributed by atoms with E-state index in [0.29, 0.717) is 18.8 Å². The molecule has 0 saturated carbocycles. The second kappa shape index (κ2) is 7.67. The molecule has 2 atom stereocenters. The Balaban J connectivity index is 1.97. The van der Waals surface area contributed by atoms with Crippen LogP contribution in [0, 0.1) is 0 Å². The number of ether oxygens (including phenoxy) is 1. The van der Waals surface area contributed by atoms with E-state index in [2.05, 4.69) is 24.1 Å². The number of carbonyl (C=O) groups excluding carboxylic acids is 1. The van der Waals surface area contributed by atoms with Gasteiger partial charge in [-0.3, -0.25) is 9.69 Å². The quantitative estimate of drug-likeness (QED) is 0.623. The number of halogens is 1. The van der Waals surface area contributed by atoms with Gasteiger partial charge in [-0.15, -0.1) is 0 Å². The van der Waals surface area contributed by atoms with Crippen LogP contribution in [-0.2, 0) is 4.79 Å². The number of nitrogens with one attached hydrogen (secondary N) is 1. The van der Waals surface area contributed by atoms with Gasteiger partial charge in [0.15, 0.2) is 5.62 Å². The van der Waals surface area contributed by atoms with Crippen molar-refractivity contribution in [1.29, 1.82) is 0 Å². The molecule has 0 fully saturated rings. The van der Waals surface area contributed by atoms with E-state index in [4.69, 9.17) is 16.3 Å². The molecule has 2 aliphatic heterocycles. The molecule has 0 aliphatic carbocycles. The summed E-state index contributed by atoms with van der Waals surface area (Å²) in [4.78, 5) is 16.7. The largest absolute Gasteiger partial charge is 0.493 e. The Kier molecular flexibility index (Phi) is 5.54. The summed E-state index contributed by atoms with van der Waals surface area (Å²) >= 11 is 6.55. The Labute approximate surface area is 154 Å². The molecule has 25 heavy (non-hydrogen) atoms. The molecule has 0 bridgehead atoms. The van der Waals surface area contributed by atoms with Crippen molar-refractivity contribution in [3.8, 4) is 5.75 Å². The molecule has 1 amide bonds. The van der Waals surface area contributed by atoms with Gasteiger partial charge in [0, 0.05) is 25.7 Å². The molecule has 6 heteroatoms. The summed E-state index contributed by atoms with van der Waals surface area (Å²) in [6, 6.07) is 7.78. The Morgan fingerprint density at radius 1 is 1.28 bits per heavy atom. The van der Waals surface area contributed by atoms with Gasteiger partial charge in [-0.1, -0.05) is 43.6 Å². The molecular formula is C19H26ClN3O2. The molecule has 1 N–H and O–H groups in total. The first kappa shape index (κ1) is 18.1. The normalized spacial score (nSPS) is 23.7. The van der Waals surface area contributed by atoms with Crippen LogP contribution in [0.25, 0.3) is 0 Å². The summed E-state index contributed by atoms with van der Waals surface area (Å²) < 4.78 is 5.91. The Morgan fingerprint density at radius 2 is 2.04 bits per heavy atom. The highest BCUT2D eigenvalue weighted by Gasteiger charge is 2.42. The second-order valence-electron chi connectivity index (χ2n) is 6.56. The van der Waals surface area contributed by atoms with Gasteiger partial charge in [0.25, 0.3) is 5.91 Å². The molecule has 1 aromatic rings. The molecule has 0 aromatic heterocycles. The number of nitrogens with zero attached hydrogens (tertiary/aromatic N) is 2. The zero-order valence-corrected chi connectivity index (χ0v) is 15.8. The average Bonchev–Trinajstić information content (AvgIpc) is 2.94. The number of alkyl halides is 1. The predicted molar refractivity (Wildman–Crippen MR) is 99.4 cm³/mol. The number of likely N-dealkylation sites (N-methyl/N-ethyl adjacent to an activating group) is 1. The van der Waals surface area contributed by atoms with Gasteiger partial charge >= 0.3 is 0 Å². The molecule has 0 spiro atoms. The van der Waals surface area contributed by atoms with Crippen LogP contribution in [0.3, 0.4) is 0 Å². The number of carbonyl (C=O) groups is 1. The monoisotopic (exact) mass is 363 g/mol. The van der Waals surface area contributed by atoms with Crippen molar-refractivity contribution in [2.24, 2.45) is 0 Å². The summed E-state index contributed by atoms with van der Waals surface area (Å²) in [5.74, 6) is 0.774. The Morgan fingerprint density at radius 3 is 2.76 bits per heavy atom. The summed E-state index contributed by atoms with van der Waals surface area (Å²) in [5.41, 5.74) is 2.48. The van der Waals surface area contributed by atoms with Crippen LogP contribution in [-0.4, -0.2) is 48.1 Å². The highest BCUT2D eigenvalue weighted by Crippen LogP contribution is 2.40. The minimum absolute atomic E-state index is 0.0606. The van der Waals surface area contributed by atoms with Gasteiger partial charge in [0.1, 0.15) is 11.4 Å². The molecular weight excluding hydrogens is 338 g/mol. The highest BCUT2D eigenvalue weighted by atomic mass is 35.5. The zero-order chi connectivity index (χ0) is 18.0. The van der Waals surface area contributed by atoms with Crippen molar-refractivity contribution in [1.82, 2.24) is 15.1 Å². The van der Waals surface area contributed by atoms with Crippen molar-refractivity contribution in [3.63, 3.8) is 0 Å². The van der Waals surface area contributed by atoms with Crippen molar-refractivity contribution < 1.29 is 9.53 Å². The van der Waals surface area contributed by atoms with Crippen LogP contribution in [0.5, 0.6) is 5.75 Å². The van der Waals surface area contributed by atoms with E-state index < -0.39 is 0 Å². The summed E-state index contributed by atoms with van der Waals surface area (Å²) in [6.07, 6.45) is 1.96. The molecule has 5 nitrogen and oxygen atoms in total. The van der Waals surface area contributed by atoms with Gasteiger partial charge in [-0.2, -0.15) is 0 Å². The lowest BCUT2D eigenvalue weighted by molar-refractivity contribution is -0.118. The van der Waals surface area contributed by atoms with Crippen molar-refractivity contribution in [3.05, 3.63) is 41.1 Å². The maximum absolute atomic E-state index is 12.6. The van der Waals surface area contributed by atoms with Crippen LogP contribution in [0.2, 0.25) is 0 Å². The number of hydrogen-bond acceptors (Lipinski definition) is 4. The second-order valence-corrected chi connectivity index (χ2v) is 6.95. The molecule has 3 rings (SSSR count). The van der Waals surface area contributed by atoms with E-state index in [0.717, 1.165) is 36.3 Å². The fourth-order valence-electron chi connectivity index (χ4n) is 3.57. The van der Waals surface area contributed by atoms with Gasteiger partial charge in [-0.25, -0.2) is 0 Å². The van der Waals surface area contributed by atoms with E-state index >= 15 is 0 Å². The molecule has 0 saturated heterocycles. The number of hydrogen-bond donors (Lipinski definition) is 1. The standard InChI is InChI=1S/C19H26ClN3O2/c1-4-10-23-12-14-16(21-18(24)17(14)22(3)19(23)20)13-8-6-7-9-15(13)25-11-5-2/h6-9,16,19H,4-5,10-12H2,1-3H3,(H,21,24). The summed E-state index contributed by atoms with van der Waals surface area (Å²) in [7, 11) is 1.89. The van der Waals surface area contributed by atoms with Crippen LogP contribution >= 0.6 is 11.6 Å². The third kappa shape index (κ3) is 3.35. The van der Waals surface area contributed by atoms with Crippen LogP contribution < -0.4 is 10.1 Å². The van der Waals surface area contributed by atoms with Crippen LogP contribution in [0.1, 0.15) is 38.3 Å². The third-order valence-electron chi connectivity index (χ3n) is 4.69. The van der Waals surface area contributed by atoms with E-state index in [-0.39, 0.29) is 17.6 Å². The lowest BCUT2D eigenvalue weighted by Gasteiger charge is -2.40. The topological polar surface area (TPSA) is 44.8 Å². The average molecular weight is 364 g/mol. The summed E-state index contributed by atoms with van der Waals surface area (Å²) in [5, 5.41) is 3.12. The number of benzene rings is 1. The van der Waals surface area contributed by atoms with Crippen LogP contribution in [0.15, 0.2) is 35.5 Å². The number of rotatable bonds is 6. The van der Waals surface area contributed by atoms with Gasteiger partial charge in [0.05, 0.1) is 12.6 Å². The Bertz CT molecular complexity index is 676. The van der Waals surface area contributed by atoms with E-state index in [1.54, 1.807) is 0 Å². The van der Waals surface area contributed by atoms with Gasteiger partial charge in [0.2, 0.25) is 0 Å². The zero-order valence-electron chi connectivity index (χ0n) is 15.1. The number of para-hydroxylation sites is 1. The third-order valence-corrected chi connectivity index (χ3v) is 5.26. The minimum atomic E-state index is -0.296. The first-order valence-electron chi connectivity index (χ1n) is 8.95. The van der Waals surface area contributed by atoms with Crippen molar-refractivity contribution >= 4 is 17.5 Å². The van der Waals surface area contributed by atoms with Crippen molar-refractivity contribution in [2.75, 3.05) is 26.7 Å². The van der Waals surface area contributed by atoms with Gasteiger partial charge < -0.3 is 15.0 Å². The SMILES string of the molecule is CCCOc1ccccc1C1NC(=O)C2=C1CN(CCC)C(Cl)N2C. The first-order chi connectivity index (χ1) is 12.1. The maximum Gasteiger partial charge on any atom is 0.268 e. The molecule has 2 aliphatic rings. The maximum atomic E-state index is 12.6. The lowest BCUT2D eigenvalue weighted by Crippen LogP contribution is -2.48.